The molecular formula is C29H28N2O4. The Morgan fingerprint density at radius 2 is 1.71 bits per heavy atom. The van der Waals surface area contributed by atoms with Crippen molar-refractivity contribution < 1.29 is 19.4 Å². The molecule has 4 rings (SSSR count). The van der Waals surface area contributed by atoms with Crippen LogP contribution in [0.4, 0.5) is 5.69 Å². The van der Waals surface area contributed by atoms with E-state index in [1.807, 2.05) is 54.9 Å². The summed E-state index contributed by atoms with van der Waals surface area (Å²) in [6.07, 6.45) is 6.72. The van der Waals surface area contributed by atoms with Crippen LogP contribution in [0.15, 0.2) is 84.0 Å². The van der Waals surface area contributed by atoms with E-state index in [2.05, 4.69) is 23.3 Å². The molecule has 3 aromatic rings. The number of carbonyl (C=O) groups is 2. The van der Waals surface area contributed by atoms with Crippen LogP contribution in [0.1, 0.15) is 51.6 Å². The number of ether oxygens (including phenoxy) is 1. The summed E-state index contributed by atoms with van der Waals surface area (Å²) in [5.41, 5.74) is 4.60. The fourth-order valence-electron chi connectivity index (χ4n) is 3.93. The van der Waals surface area contributed by atoms with Crippen LogP contribution < -0.4 is 10.1 Å². The Kier molecular flexibility index (Phi) is 7.73. The summed E-state index contributed by atoms with van der Waals surface area (Å²) < 4.78 is 6.14. The van der Waals surface area contributed by atoms with Crippen LogP contribution in [-0.4, -0.2) is 29.8 Å². The van der Waals surface area contributed by atoms with Crippen LogP contribution in [0.25, 0.3) is 5.57 Å². The van der Waals surface area contributed by atoms with E-state index < -0.39 is 5.97 Å². The summed E-state index contributed by atoms with van der Waals surface area (Å²) in [5.74, 6) is 0.0151. The highest BCUT2D eigenvalue weighted by molar-refractivity contribution is 6.04. The standard InChI is InChI=1S/C29H28N2O4/c1-2-20-17-24(19-30-18-20)26-5-3-4-6-27(26)35-16-15-21-7-13-25(14-8-21)31-28(32)22-9-11-23(12-10-22)29(33)34/h3-14,18-20H,2,15-17H2,1H3,(H,31,32)(H,33,34). The maximum absolute atomic E-state index is 12.4. The summed E-state index contributed by atoms with van der Waals surface area (Å²) >= 11 is 0. The molecule has 1 aliphatic heterocycles. The molecule has 0 aromatic heterocycles. The van der Waals surface area contributed by atoms with E-state index in [9.17, 15) is 9.59 Å². The summed E-state index contributed by atoms with van der Waals surface area (Å²) in [5, 5.41) is 11.8. The predicted octanol–water partition coefficient (Wildman–Crippen LogP) is 6.10. The van der Waals surface area contributed by atoms with Crippen LogP contribution in [0.5, 0.6) is 5.75 Å². The average molecular weight is 469 g/mol. The van der Waals surface area contributed by atoms with Gasteiger partial charge in [-0.2, -0.15) is 0 Å². The van der Waals surface area contributed by atoms with Gasteiger partial charge in [-0.15, -0.1) is 0 Å². The fourth-order valence-corrected chi connectivity index (χ4v) is 3.93. The number of anilines is 1. The molecule has 0 aliphatic carbocycles. The highest BCUT2D eigenvalue weighted by atomic mass is 16.5. The van der Waals surface area contributed by atoms with Crippen LogP contribution in [0.2, 0.25) is 0 Å². The zero-order chi connectivity index (χ0) is 24.6. The molecule has 1 heterocycles. The number of para-hydroxylation sites is 1. The largest absolute Gasteiger partial charge is 0.493 e. The SMILES string of the molecule is CCC1C=NC=C(c2ccccc2OCCc2ccc(NC(=O)c3ccc(C(=O)O)cc3)cc2)C1. The molecule has 1 atom stereocenters. The quantitative estimate of drug-likeness (QED) is 0.397. The summed E-state index contributed by atoms with van der Waals surface area (Å²) in [7, 11) is 0. The van der Waals surface area contributed by atoms with Crippen molar-refractivity contribution >= 4 is 29.4 Å². The van der Waals surface area contributed by atoms with Crippen molar-refractivity contribution in [1.82, 2.24) is 0 Å². The van der Waals surface area contributed by atoms with Gasteiger partial charge in [-0.1, -0.05) is 37.3 Å². The summed E-state index contributed by atoms with van der Waals surface area (Å²) in [6.45, 7) is 2.71. The molecule has 3 aromatic carbocycles. The van der Waals surface area contributed by atoms with Gasteiger partial charge in [0.15, 0.2) is 0 Å². The summed E-state index contributed by atoms with van der Waals surface area (Å²) in [6, 6.07) is 21.5. The molecule has 0 fully saturated rings. The second-order valence-electron chi connectivity index (χ2n) is 8.45. The number of nitrogens with zero attached hydrogens (tertiary/aromatic N) is 1. The van der Waals surface area contributed by atoms with Crippen molar-refractivity contribution in [3.63, 3.8) is 0 Å². The average Bonchev–Trinajstić information content (AvgIpc) is 2.90. The number of aromatic carboxylic acids is 1. The first-order valence-corrected chi connectivity index (χ1v) is 11.7. The molecule has 1 amide bonds. The Balaban J connectivity index is 1.32. The van der Waals surface area contributed by atoms with E-state index >= 15 is 0 Å². The zero-order valence-corrected chi connectivity index (χ0v) is 19.6. The van der Waals surface area contributed by atoms with Gasteiger partial charge in [-0.05, 0) is 72.4 Å². The number of allylic oxidation sites excluding steroid dienone is 1. The minimum absolute atomic E-state index is 0.143. The third kappa shape index (κ3) is 6.23. The molecule has 0 saturated carbocycles. The number of nitrogens with one attached hydrogen (secondary N) is 1. The molecular weight excluding hydrogens is 440 g/mol. The Morgan fingerprint density at radius 1 is 1.00 bits per heavy atom. The van der Waals surface area contributed by atoms with Crippen molar-refractivity contribution in [3.8, 4) is 5.75 Å². The lowest BCUT2D eigenvalue weighted by Gasteiger charge is -2.19. The van der Waals surface area contributed by atoms with Gasteiger partial charge in [0.1, 0.15) is 5.75 Å². The third-order valence-corrected chi connectivity index (χ3v) is 6.02. The number of aliphatic imine (C=N–C) groups is 1. The molecule has 1 unspecified atom stereocenters. The minimum atomic E-state index is -1.02. The number of hydrogen-bond donors (Lipinski definition) is 2. The van der Waals surface area contributed by atoms with Gasteiger partial charge in [0.05, 0.1) is 12.2 Å². The van der Waals surface area contributed by atoms with Crippen molar-refractivity contribution in [2.24, 2.45) is 10.9 Å². The normalized spacial score (nSPS) is 14.8. The second-order valence-corrected chi connectivity index (χ2v) is 8.45. The number of rotatable bonds is 9. The van der Waals surface area contributed by atoms with Crippen molar-refractivity contribution in [1.29, 1.82) is 0 Å². The number of hydrogen-bond acceptors (Lipinski definition) is 4. The van der Waals surface area contributed by atoms with E-state index in [0.717, 1.165) is 36.1 Å². The van der Waals surface area contributed by atoms with E-state index in [-0.39, 0.29) is 11.5 Å². The zero-order valence-electron chi connectivity index (χ0n) is 19.6. The smallest absolute Gasteiger partial charge is 0.335 e. The Labute approximate surface area is 205 Å². The van der Waals surface area contributed by atoms with Crippen molar-refractivity contribution in [3.05, 3.63) is 101 Å². The number of benzene rings is 3. The lowest BCUT2D eigenvalue weighted by atomic mass is 9.92. The molecule has 0 spiro atoms. The van der Waals surface area contributed by atoms with Crippen LogP contribution in [0, 0.1) is 5.92 Å². The highest BCUT2D eigenvalue weighted by Crippen LogP contribution is 2.33. The van der Waals surface area contributed by atoms with Crippen LogP contribution in [0.3, 0.4) is 0 Å². The number of carboxylic acids is 1. The Hall–Kier alpha value is -4.19. The molecule has 6 heteroatoms. The molecule has 35 heavy (non-hydrogen) atoms. The van der Waals surface area contributed by atoms with Crippen molar-refractivity contribution in [2.75, 3.05) is 11.9 Å². The Morgan fingerprint density at radius 3 is 2.43 bits per heavy atom. The number of carbonyl (C=O) groups excluding carboxylic acids is 1. The molecule has 178 valence electrons. The lowest BCUT2D eigenvalue weighted by Crippen LogP contribution is -2.12. The molecule has 0 radical (unpaired) electrons. The van der Waals surface area contributed by atoms with Gasteiger partial charge in [0.25, 0.3) is 5.91 Å². The van der Waals surface area contributed by atoms with Gasteiger partial charge < -0.3 is 15.2 Å². The maximum Gasteiger partial charge on any atom is 0.335 e. The second kappa shape index (κ2) is 11.3. The molecule has 2 N–H and O–H groups in total. The first-order valence-electron chi connectivity index (χ1n) is 11.7. The van der Waals surface area contributed by atoms with Gasteiger partial charge >= 0.3 is 5.97 Å². The molecule has 6 nitrogen and oxygen atoms in total. The first kappa shape index (κ1) is 24.0. The highest BCUT2D eigenvalue weighted by Gasteiger charge is 2.15. The van der Waals surface area contributed by atoms with Gasteiger partial charge in [0.2, 0.25) is 0 Å². The minimum Gasteiger partial charge on any atom is -0.493 e. The van der Waals surface area contributed by atoms with Crippen LogP contribution >= 0.6 is 0 Å². The third-order valence-electron chi connectivity index (χ3n) is 6.02. The molecule has 0 bridgehead atoms. The first-order chi connectivity index (χ1) is 17.0. The lowest BCUT2D eigenvalue weighted by molar-refractivity contribution is 0.0696. The fraction of sp³-hybridized carbons (Fsp3) is 0.207. The monoisotopic (exact) mass is 468 g/mol. The Bertz CT molecular complexity index is 1240. The topological polar surface area (TPSA) is 88.0 Å². The molecule has 0 saturated heterocycles. The number of carboxylic acid groups (broad SMARTS) is 1. The van der Waals surface area contributed by atoms with E-state index in [1.165, 1.54) is 29.8 Å². The molecule has 1 aliphatic rings. The number of amides is 1. The van der Waals surface area contributed by atoms with Gasteiger partial charge in [0, 0.05) is 35.6 Å². The van der Waals surface area contributed by atoms with Gasteiger partial charge in [-0.3, -0.25) is 9.79 Å². The van der Waals surface area contributed by atoms with Crippen LogP contribution in [-0.2, 0) is 6.42 Å². The summed E-state index contributed by atoms with van der Waals surface area (Å²) in [4.78, 5) is 27.8. The van der Waals surface area contributed by atoms with Crippen molar-refractivity contribution in [2.45, 2.75) is 26.2 Å². The van der Waals surface area contributed by atoms with E-state index in [0.29, 0.717) is 23.8 Å². The predicted molar refractivity (Wildman–Crippen MR) is 138 cm³/mol. The van der Waals surface area contributed by atoms with E-state index in [4.69, 9.17) is 9.84 Å². The van der Waals surface area contributed by atoms with E-state index in [1.54, 1.807) is 0 Å². The van der Waals surface area contributed by atoms with Gasteiger partial charge in [-0.25, -0.2) is 4.79 Å². The maximum atomic E-state index is 12.4.